The molecule has 1 N–H and O–H groups in total. The standard InChI is InChI=1S/C4H4O7S.2Na/c5-3(6)1-2(4(7)8)12(9,10)11;;/h1H,(H,5,6)(H,7,8)(H,9,10,11);;/q;2*+1/p-2/b2-1-;;. The van der Waals surface area contributed by atoms with Crippen molar-refractivity contribution in [1.29, 1.82) is 0 Å². The van der Waals surface area contributed by atoms with Crippen LogP contribution in [0, 0.1) is 0 Å². The number of aliphatic carboxylic acids is 2. The molecule has 0 unspecified atom stereocenters. The Labute approximate surface area is 124 Å². The van der Waals surface area contributed by atoms with E-state index in [-0.39, 0.29) is 65.2 Å². The van der Waals surface area contributed by atoms with E-state index in [1.807, 2.05) is 0 Å². The molecule has 0 saturated carbocycles. The van der Waals surface area contributed by atoms with Gasteiger partial charge in [0.1, 0.15) is 4.91 Å². The third-order valence-corrected chi connectivity index (χ3v) is 1.57. The van der Waals surface area contributed by atoms with Gasteiger partial charge in [-0.05, 0) is 6.08 Å². The first-order valence-corrected chi connectivity index (χ1v) is 3.80. The zero-order valence-electron chi connectivity index (χ0n) is 7.38. The molecule has 0 spiro atoms. The summed E-state index contributed by atoms with van der Waals surface area (Å²) in [6, 6.07) is 0. The van der Waals surface area contributed by atoms with Crippen LogP contribution >= 0.6 is 0 Å². The van der Waals surface area contributed by atoms with Crippen molar-refractivity contribution >= 4 is 22.1 Å². The van der Waals surface area contributed by atoms with Gasteiger partial charge in [-0.1, -0.05) is 0 Å². The first-order chi connectivity index (χ1) is 5.25. The first kappa shape index (κ1) is 20.1. The van der Waals surface area contributed by atoms with Gasteiger partial charge in [-0.15, -0.1) is 0 Å². The van der Waals surface area contributed by atoms with Crippen LogP contribution < -0.4 is 69.3 Å². The quantitative estimate of drug-likeness (QED) is 0.294. The van der Waals surface area contributed by atoms with E-state index >= 15 is 0 Å². The van der Waals surface area contributed by atoms with Crippen LogP contribution in [-0.2, 0) is 19.7 Å². The Balaban J connectivity index is -0.000000605. The topological polar surface area (TPSA) is 135 Å². The van der Waals surface area contributed by atoms with Crippen LogP contribution in [-0.4, -0.2) is 24.9 Å². The summed E-state index contributed by atoms with van der Waals surface area (Å²) >= 11 is 0. The van der Waals surface area contributed by atoms with E-state index in [9.17, 15) is 28.2 Å². The van der Waals surface area contributed by atoms with Crippen LogP contribution in [0.1, 0.15) is 0 Å². The molecule has 0 atom stereocenters. The smallest absolute Gasteiger partial charge is 0.545 e. The average molecular weight is 240 g/mol. The summed E-state index contributed by atoms with van der Waals surface area (Å²) in [5, 5.41) is 19.6. The molecule has 0 amide bonds. The maximum absolute atomic E-state index is 10.1. The third-order valence-electron chi connectivity index (χ3n) is 0.728. The summed E-state index contributed by atoms with van der Waals surface area (Å²) in [6.07, 6.45) is -0.287. The van der Waals surface area contributed by atoms with Crippen molar-refractivity contribution in [3.63, 3.8) is 0 Å². The van der Waals surface area contributed by atoms with E-state index in [0.717, 1.165) is 0 Å². The molecule has 7 nitrogen and oxygen atoms in total. The Morgan fingerprint density at radius 2 is 1.50 bits per heavy atom. The van der Waals surface area contributed by atoms with Gasteiger partial charge in [-0.2, -0.15) is 8.42 Å². The monoisotopic (exact) mass is 240 g/mol. The second kappa shape index (κ2) is 7.83. The third kappa shape index (κ3) is 7.94. The second-order valence-corrected chi connectivity index (χ2v) is 2.98. The summed E-state index contributed by atoms with van der Waals surface area (Å²) in [6.45, 7) is 0. The Kier molecular flexibility index (Phi) is 11.2. The molecule has 0 aliphatic rings. The van der Waals surface area contributed by atoms with Gasteiger partial charge in [0.15, 0.2) is 0 Å². The predicted molar refractivity (Wildman–Crippen MR) is 29.6 cm³/mol. The molecule has 0 aromatic carbocycles. The Morgan fingerprint density at radius 3 is 1.57 bits per heavy atom. The van der Waals surface area contributed by atoms with Crippen molar-refractivity contribution < 1.29 is 91.9 Å². The summed E-state index contributed by atoms with van der Waals surface area (Å²) in [7, 11) is -5.08. The summed E-state index contributed by atoms with van der Waals surface area (Å²) in [4.78, 5) is 17.8. The summed E-state index contributed by atoms with van der Waals surface area (Å²) < 4.78 is 28.3. The van der Waals surface area contributed by atoms with Crippen LogP contribution in [0.2, 0.25) is 0 Å². The van der Waals surface area contributed by atoms with Crippen LogP contribution in [0.3, 0.4) is 0 Å². The Hall–Kier alpha value is 0.590. The number of hydrogen-bond acceptors (Lipinski definition) is 6. The van der Waals surface area contributed by atoms with Crippen molar-refractivity contribution in [3.05, 3.63) is 11.0 Å². The van der Waals surface area contributed by atoms with E-state index in [1.165, 1.54) is 0 Å². The SMILES string of the molecule is O=C([O-])/C=C(/C(=O)[O-])S(=O)(=O)O.[Na+].[Na+]. The van der Waals surface area contributed by atoms with E-state index in [4.69, 9.17) is 4.55 Å². The maximum Gasteiger partial charge on any atom is 1.00 e. The number of hydrogen-bond donors (Lipinski definition) is 1. The Morgan fingerprint density at radius 1 is 1.14 bits per heavy atom. The minimum atomic E-state index is -5.08. The van der Waals surface area contributed by atoms with Crippen molar-refractivity contribution in [2.24, 2.45) is 0 Å². The molecule has 0 aliphatic heterocycles. The van der Waals surface area contributed by atoms with Gasteiger partial charge in [0, 0.05) is 0 Å². The summed E-state index contributed by atoms with van der Waals surface area (Å²) in [5.41, 5.74) is 0. The van der Waals surface area contributed by atoms with Crippen LogP contribution in [0.25, 0.3) is 0 Å². The molecular weight excluding hydrogens is 238 g/mol. The van der Waals surface area contributed by atoms with Gasteiger partial charge < -0.3 is 19.8 Å². The van der Waals surface area contributed by atoms with Crippen molar-refractivity contribution in [1.82, 2.24) is 0 Å². The zero-order valence-corrected chi connectivity index (χ0v) is 12.2. The number of carboxylic acid groups (broad SMARTS) is 2. The molecule has 0 aliphatic carbocycles. The largest absolute Gasteiger partial charge is 1.00 e. The van der Waals surface area contributed by atoms with Gasteiger partial charge in [-0.25, -0.2) is 0 Å². The van der Waals surface area contributed by atoms with Crippen molar-refractivity contribution in [2.45, 2.75) is 0 Å². The Bertz CT molecular complexity index is 343. The molecule has 0 heterocycles. The fraction of sp³-hybridized carbons (Fsp3) is 0. The number of carbonyl (C=O) groups excluding carboxylic acids is 2. The fourth-order valence-corrected chi connectivity index (χ4v) is 0.802. The van der Waals surface area contributed by atoms with Crippen molar-refractivity contribution in [3.8, 4) is 0 Å². The maximum atomic E-state index is 10.1. The van der Waals surface area contributed by atoms with Gasteiger partial charge >= 0.3 is 59.1 Å². The fourth-order valence-electron chi connectivity index (χ4n) is 0.346. The molecule has 0 radical (unpaired) electrons. The van der Waals surface area contributed by atoms with Gasteiger partial charge in [0.05, 0.1) is 11.9 Å². The molecule has 14 heavy (non-hydrogen) atoms. The molecule has 0 rings (SSSR count). The number of carbonyl (C=O) groups is 2. The minimum absolute atomic E-state index is 0. The molecular formula is C4H2Na2O7S. The minimum Gasteiger partial charge on any atom is -0.545 e. The molecule has 68 valence electrons. The van der Waals surface area contributed by atoms with Gasteiger partial charge in [0.2, 0.25) is 0 Å². The van der Waals surface area contributed by atoms with E-state index in [2.05, 4.69) is 0 Å². The first-order valence-electron chi connectivity index (χ1n) is 2.36. The van der Waals surface area contributed by atoms with E-state index in [0.29, 0.717) is 0 Å². The number of carboxylic acids is 2. The predicted octanol–water partition coefficient (Wildman–Crippen LogP) is -9.73. The molecule has 0 aromatic heterocycles. The van der Waals surface area contributed by atoms with E-state index < -0.39 is 27.0 Å². The molecule has 10 heteroatoms. The van der Waals surface area contributed by atoms with Crippen LogP contribution in [0.5, 0.6) is 0 Å². The van der Waals surface area contributed by atoms with Gasteiger partial charge in [-0.3, -0.25) is 4.55 Å². The molecule has 0 fully saturated rings. The zero-order chi connectivity index (χ0) is 9.94. The average Bonchev–Trinajstić information content (AvgIpc) is 1.79. The normalized spacial score (nSPS) is 10.8. The molecule has 0 saturated heterocycles. The summed E-state index contributed by atoms with van der Waals surface area (Å²) in [5.74, 6) is -4.38. The molecule has 0 bridgehead atoms. The number of rotatable bonds is 3. The molecule has 0 aromatic rings. The van der Waals surface area contributed by atoms with Crippen LogP contribution in [0.15, 0.2) is 11.0 Å². The van der Waals surface area contributed by atoms with Crippen LogP contribution in [0.4, 0.5) is 0 Å². The van der Waals surface area contributed by atoms with Gasteiger partial charge in [0.25, 0.3) is 10.1 Å². The van der Waals surface area contributed by atoms with E-state index in [1.54, 1.807) is 0 Å². The second-order valence-electron chi connectivity index (χ2n) is 1.59. The van der Waals surface area contributed by atoms with Crippen molar-refractivity contribution in [2.75, 3.05) is 0 Å².